The number of hydrogen-bond donors (Lipinski definition) is 1. The van der Waals surface area contributed by atoms with E-state index in [-0.39, 0.29) is 5.41 Å². The van der Waals surface area contributed by atoms with E-state index in [4.69, 9.17) is 4.74 Å². The Kier molecular flexibility index (Phi) is 2.69. The highest BCUT2D eigenvalue weighted by molar-refractivity contribution is 5.39. The van der Waals surface area contributed by atoms with Crippen molar-refractivity contribution in [1.29, 1.82) is 0 Å². The van der Waals surface area contributed by atoms with Crippen LogP contribution in [-0.4, -0.2) is 29.0 Å². The Morgan fingerprint density at radius 1 is 1.60 bits per heavy atom. The molecule has 1 aliphatic heterocycles. The minimum atomic E-state index is 0.189. The zero-order valence-corrected chi connectivity index (χ0v) is 9.66. The Balaban J connectivity index is 2.04. The molecular weight excluding hydrogens is 190 g/mol. The molecule has 0 radical (unpaired) electrons. The topological polar surface area (TPSA) is 39.1 Å². The first-order chi connectivity index (χ1) is 7.08. The first-order valence-electron chi connectivity index (χ1n) is 5.41. The molecule has 1 aliphatic rings. The lowest BCUT2D eigenvalue weighted by molar-refractivity contribution is 0.00347. The van der Waals surface area contributed by atoms with Crippen LogP contribution >= 0.6 is 0 Å². The molecule has 1 N–H and O–H groups in total. The summed E-state index contributed by atoms with van der Waals surface area (Å²) in [6.45, 7) is 6.15. The second kappa shape index (κ2) is 3.85. The van der Waals surface area contributed by atoms with Crippen LogP contribution in [-0.2, 0) is 11.8 Å². The van der Waals surface area contributed by atoms with Gasteiger partial charge in [0.15, 0.2) is 0 Å². The molecule has 84 valence electrons. The van der Waals surface area contributed by atoms with Gasteiger partial charge in [0.1, 0.15) is 0 Å². The number of aryl methyl sites for hydroxylation is 1. The first kappa shape index (κ1) is 10.5. The van der Waals surface area contributed by atoms with E-state index in [2.05, 4.69) is 24.3 Å². The maximum absolute atomic E-state index is 5.50. The zero-order chi connectivity index (χ0) is 10.9. The first-order valence-corrected chi connectivity index (χ1v) is 5.41. The summed E-state index contributed by atoms with van der Waals surface area (Å²) in [5.74, 6) is 0. The summed E-state index contributed by atoms with van der Waals surface area (Å²) in [4.78, 5) is 0. The fraction of sp³-hybridized carbons (Fsp3) is 0.727. The van der Waals surface area contributed by atoms with Gasteiger partial charge in [-0.15, -0.1) is 0 Å². The fourth-order valence-electron chi connectivity index (χ4n) is 1.99. The molecule has 1 unspecified atom stereocenters. The van der Waals surface area contributed by atoms with Crippen LogP contribution in [0.25, 0.3) is 0 Å². The van der Waals surface area contributed by atoms with Crippen molar-refractivity contribution >= 4 is 5.69 Å². The Hall–Kier alpha value is -1.03. The zero-order valence-electron chi connectivity index (χ0n) is 9.66. The maximum atomic E-state index is 5.50. The molecule has 0 saturated carbocycles. The van der Waals surface area contributed by atoms with E-state index >= 15 is 0 Å². The minimum Gasteiger partial charge on any atom is -0.381 e. The standard InChI is InChI=1S/C11H19N3O/c1-11(2)8-15-5-4-10(11)13-9-6-12-14(3)7-9/h6-7,10,13H,4-5,8H2,1-3H3. The van der Waals surface area contributed by atoms with Crippen LogP contribution in [0.5, 0.6) is 0 Å². The van der Waals surface area contributed by atoms with Crippen molar-refractivity contribution in [2.24, 2.45) is 12.5 Å². The van der Waals surface area contributed by atoms with Crippen molar-refractivity contribution < 1.29 is 4.74 Å². The van der Waals surface area contributed by atoms with Gasteiger partial charge in [-0.2, -0.15) is 5.10 Å². The molecule has 4 heteroatoms. The van der Waals surface area contributed by atoms with Crippen LogP contribution in [0.15, 0.2) is 12.4 Å². The van der Waals surface area contributed by atoms with Crippen LogP contribution in [0.1, 0.15) is 20.3 Å². The largest absolute Gasteiger partial charge is 0.381 e. The Morgan fingerprint density at radius 3 is 3.00 bits per heavy atom. The molecule has 15 heavy (non-hydrogen) atoms. The van der Waals surface area contributed by atoms with E-state index in [0.29, 0.717) is 6.04 Å². The van der Waals surface area contributed by atoms with E-state index < -0.39 is 0 Å². The van der Waals surface area contributed by atoms with Gasteiger partial charge in [0.05, 0.1) is 18.5 Å². The summed E-state index contributed by atoms with van der Waals surface area (Å²) < 4.78 is 7.31. The van der Waals surface area contributed by atoms with Gasteiger partial charge in [-0.25, -0.2) is 0 Å². The number of hydrogen-bond acceptors (Lipinski definition) is 3. The smallest absolute Gasteiger partial charge is 0.0728 e. The van der Waals surface area contributed by atoms with E-state index in [1.165, 1.54) is 0 Å². The van der Waals surface area contributed by atoms with Gasteiger partial charge in [-0.05, 0) is 6.42 Å². The minimum absolute atomic E-state index is 0.189. The van der Waals surface area contributed by atoms with E-state index in [1.807, 2.05) is 24.1 Å². The van der Waals surface area contributed by atoms with E-state index in [1.54, 1.807) is 0 Å². The summed E-state index contributed by atoms with van der Waals surface area (Å²) in [5, 5.41) is 7.68. The Morgan fingerprint density at radius 2 is 2.40 bits per heavy atom. The van der Waals surface area contributed by atoms with Crippen LogP contribution in [0.2, 0.25) is 0 Å². The van der Waals surface area contributed by atoms with Crippen molar-refractivity contribution in [3.63, 3.8) is 0 Å². The summed E-state index contributed by atoms with van der Waals surface area (Å²) in [6, 6.07) is 0.468. The molecule has 0 spiro atoms. The molecule has 2 rings (SSSR count). The van der Waals surface area contributed by atoms with Crippen LogP contribution in [0.3, 0.4) is 0 Å². The molecule has 4 nitrogen and oxygen atoms in total. The van der Waals surface area contributed by atoms with E-state index in [0.717, 1.165) is 25.3 Å². The highest BCUT2D eigenvalue weighted by Gasteiger charge is 2.33. The Labute approximate surface area is 90.6 Å². The highest BCUT2D eigenvalue weighted by Crippen LogP contribution is 2.30. The molecule has 1 saturated heterocycles. The molecule has 0 bridgehead atoms. The third-order valence-corrected chi connectivity index (χ3v) is 3.01. The molecule has 1 aromatic rings. The molecule has 0 amide bonds. The molecule has 0 aromatic carbocycles. The number of aromatic nitrogens is 2. The van der Waals surface area contributed by atoms with Gasteiger partial charge >= 0.3 is 0 Å². The Bertz CT molecular complexity index is 332. The predicted octanol–water partition coefficient (Wildman–Crippen LogP) is 1.65. The quantitative estimate of drug-likeness (QED) is 0.805. The fourth-order valence-corrected chi connectivity index (χ4v) is 1.99. The second-order valence-corrected chi connectivity index (χ2v) is 4.93. The third-order valence-electron chi connectivity index (χ3n) is 3.01. The normalized spacial score (nSPS) is 25.1. The van der Waals surface area contributed by atoms with Crippen molar-refractivity contribution in [3.05, 3.63) is 12.4 Å². The van der Waals surface area contributed by atoms with Gasteiger partial charge < -0.3 is 10.1 Å². The lowest BCUT2D eigenvalue weighted by Crippen LogP contribution is -2.44. The van der Waals surface area contributed by atoms with Crippen molar-refractivity contribution in [2.75, 3.05) is 18.5 Å². The van der Waals surface area contributed by atoms with Gasteiger partial charge in [0.2, 0.25) is 0 Å². The lowest BCUT2D eigenvalue weighted by atomic mass is 9.82. The van der Waals surface area contributed by atoms with Gasteiger partial charge in [-0.3, -0.25) is 4.68 Å². The molecule has 1 fully saturated rings. The van der Waals surface area contributed by atoms with Crippen molar-refractivity contribution in [3.8, 4) is 0 Å². The van der Waals surface area contributed by atoms with Crippen LogP contribution in [0.4, 0.5) is 5.69 Å². The van der Waals surface area contributed by atoms with Crippen molar-refractivity contribution in [1.82, 2.24) is 9.78 Å². The summed E-state index contributed by atoms with van der Waals surface area (Å²) in [7, 11) is 1.93. The number of rotatable bonds is 2. The number of ether oxygens (including phenoxy) is 1. The van der Waals surface area contributed by atoms with Crippen LogP contribution in [0, 0.1) is 5.41 Å². The van der Waals surface area contributed by atoms with E-state index in [9.17, 15) is 0 Å². The lowest BCUT2D eigenvalue weighted by Gasteiger charge is -2.39. The number of anilines is 1. The van der Waals surface area contributed by atoms with Crippen molar-refractivity contribution in [2.45, 2.75) is 26.3 Å². The molecule has 1 aromatic heterocycles. The van der Waals surface area contributed by atoms with Gasteiger partial charge in [-0.1, -0.05) is 13.8 Å². The second-order valence-electron chi connectivity index (χ2n) is 4.93. The van der Waals surface area contributed by atoms with Gasteiger partial charge in [0.25, 0.3) is 0 Å². The molecule has 2 heterocycles. The molecule has 1 atom stereocenters. The SMILES string of the molecule is Cn1cc(NC2CCOCC2(C)C)cn1. The maximum Gasteiger partial charge on any atom is 0.0728 e. The highest BCUT2D eigenvalue weighted by atomic mass is 16.5. The number of nitrogens with zero attached hydrogens (tertiary/aromatic N) is 2. The average Bonchev–Trinajstić information content (AvgIpc) is 2.55. The monoisotopic (exact) mass is 209 g/mol. The molecule has 0 aliphatic carbocycles. The summed E-state index contributed by atoms with van der Waals surface area (Å²) >= 11 is 0. The summed E-state index contributed by atoms with van der Waals surface area (Å²) in [6.07, 6.45) is 4.93. The van der Waals surface area contributed by atoms with Crippen LogP contribution < -0.4 is 5.32 Å². The summed E-state index contributed by atoms with van der Waals surface area (Å²) in [5.41, 5.74) is 1.28. The number of nitrogens with one attached hydrogen (secondary N) is 1. The predicted molar refractivity (Wildman–Crippen MR) is 59.8 cm³/mol. The van der Waals surface area contributed by atoms with Gasteiger partial charge in [0, 0.05) is 31.3 Å². The average molecular weight is 209 g/mol. The third kappa shape index (κ3) is 2.31. The molecular formula is C11H19N3O.